The van der Waals surface area contributed by atoms with Crippen molar-refractivity contribution in [3.63, 3.8) is 0 Å². The molecular weight excluding hydrogens is 483 g/mol. The Hall–Kier alpha value is -4.11. The van der Waals surface area contributed by atoms with E-state index < -0.39 is 28.3 Å². The number of sulfonamides is 1. The summed E-state index contributed by atoms with van der Waals surface area (Å²) >= 11 is 0. The first-order valence-electron chi connectivity index (χ1n) is 11.3. The lowest BCUT2D eigenvalue weighted by molar-refractivity contribution is -0.119. The molecule has 7 nitrogen and oxygen atoms in total. The second-order valence-corrected chi connectivity index (χ2v) is 10.1. The minimum atomic E-state index is -4.19. The molecule has 0 fully saturated rings. The first kappa shape index (κ1) is 23.6. The van der Waals surface area contributed by atoms with E-state index in [0.29, 0.717) is 24.7 Å². The summed E-state index contributed by atoms with van der Waals surface area (Å²) in [7, 11) is -4.19. The molecule has 4 aromatic carbocycles. The number of ether oxygens (including phenoxy) is 2. The number of carbonyl (C=O) groups is 1. The van der Waals surface area contributed by atoms with Gasteiger partial charge in [-0.1, -0.05) is 36.4 Å². The van der Waals surface area contributed by atoms with Crippen LogP contribution >= 0.6 is 0 Å². The fourth-order valence-electron chi connectivity index (χ4n) is 3.97. The highest BCUT2D eigenvalue weighted by Gasteiger charge is 2.29. The lowest BCUT2D eigenvalue weighted by Gasteiger charge is -2.25. The summed E-state index contributed by atoms with van der Waals surface area (Å²) in [4.78, 5) is 12.8. The normalized spacial score (nSPS) is 12.8. The number of halogens is 1. The van der Waals surface area contributed by atoms with Crippen LogP contribution in [0.3, 0.4) is 0 Å². The molecule has 0 saturated carbocycles. The summed E-state index contributed by atoms with van der Waals surface area (Å²) < 4.78 is 52.7. The van der Waals surface area contributed by atoms with Crippen molar-refractivity contribution in [2.75, 3.05) is 24.1 Å². The third-order valence-corrected chi connectivity index (χ3v) is 7.58. The van der Waals surface area contributed by atoms with E-state index in [-0.39, 0.29) is 17.1 Å². The first-order chi connectivity index (χ1) is 17.4. The minimum Gasteiger partial charge on any atom is -0.486 e. The lowest BCUT2D eigenvalue weighted by Crippen LogP contribution is -2.40. The van der Waals surface area contributed by atoms with Crippen molar-refractivity contribution in [1.29, 1.82) is 0 Å². The summed E-state index contributed by atoms with van der Waals surface area (Å²) in [5.74, 6) is -0.270. The number of rotatable bonds is 7. The summed E-state index contributed by atoms with van der Waals surface area (Å²) in [6.07, 6.45) is 0. The summed E-state index contributed by atoms with van der Waals surface area (Å²) in [6.45, 7) is 0.411. The van der Waals surface area contributed by atoms with E-state index in [1.807, 2.05) is 42.5 Å². The van der Waals surface area contributed by atoms with Crippen LogP contribution in [0.15, 0.2) is 89.8 Å². The molecule has 0 bridgehead atoms. The molecule has 1 aliphatic rings. The second-order valence-electron chi connectivity index (χ2n) is 8.25. The zero-order valence-corrected chi connectivity index (χ0v) is 20.0. The van der Waals surface area contributed by atoms with Crippen LogP contribution in [0.2, 0.25) is 0 Å². The molecule has 1 N–H and O–H groups in total. The van der Waals surface area contributed by atoms with Crippen LogP contribution in [0.25, 0.3) is 10.8 Å². The Morgan fingerprint density at radius 2 is 1.58 bits per heavy atom. The molecule has 0 saturated heterocycles. The average Bonchev–Trinajstić information content (AvgIpc) is 2.90. The summed E-state index contributed by atoms with van der Waals surface area (Å²) in [5, 5.41) is 4.91. The van der Waals surface area contributed by atoms with Crippen molar-refractivity contribution in [3.05, 3.63) is 96.3 Å². The Kier molecular flexibility index (Phi) is 6.47. The largest absolute Gasteiger partial charge is 0.486 e. The maximum absolute atomic E-state index is 13.6. The van der Waals surface area contributed by atoms with Gasteiger partial charge in [0, 0.05) is 12.6 Å². The third-order valence-electron chi connectivity index (χ3n) is 5.81. The van der Waals surface area contributed by atoms with E-state index in [4.69, 9.17) is 9.47 Å². The molecule has 1 heterocycles. The second kappa shape index (κ2) is 9.87. The summed E-state index contributed by atoms with van der Waals surface area (Å²) in [6, 6.07) is 22.9. The Labute approximate surface area is 208 Å². The molecule has 36 heavy (non-hydrogen) atoms. The van der Waals surface area contributed by atoms with Gasteiger partial charge < -0.3 is 14.8 Å². The van der Waals surface area contributed by atoms with Gasteiger partial charge in [-0.3, -0.25) is 9.10 Å². The highest BCUT2D eigenvalue weighted by atomic mass is 32.2. The van der Waals surface area contributed by atoms with Crippen LogP contribution in [-0.4, -0.2) is 34.1 Å². The van der Waals surface area contributed by atoms with Gasteiger partial charge in [-0.25, -0.2) is 12.8 Å². The van der Waals surface area contributed by atoms with Gasteiger partial charge in [-0.2, -0.15) is 0 Å². The number of hydrogen-bond donors (Lipinski definition) is 1. The Bertz CT molecular complexity index is 1520. The van der Waals surface area contributed by atoms with Gasteiger partial charge in [-0.15, -0.1) is 0 Å². The number of benzene rings is 4. The van der Waals surface area contributed by atoms with Gasteiger partial charge in [0.15, 0.2) is 11.5 Å². The van der Waals surface area contributed by atoms with E-state index in [1.165, 1.54) is 30.3 Å². The molecule has 1 amide bonds. The van der Waals surface area contributed by atoms with E-state index in [0.717, 1.165) is 32.8 Å². The molecule has 5 rings (SSSR count). The molecule has 4 aromatic rings. The topological polar surface area (TPSA) is 84.9 Å². The number of nitrogens with one attached hydrogen (secondary N) is 1. The van der Waals surface area contributed by atoms with E-state index in [1.54, 1.807) is 0 Å². The van der Waals surface area contributed by atoms with Crippen LogP contribution in [0.1, 0.15) is 5.56 Å². The zero-order chi connectivity index (χ0) is 25.1. The quantitative estimate of drug-likeness (QED) is 0.405. The van der Waals surface area contributed by atoms with Crippen molar-refractivity contribution in [1.82, 2.24) is 5.32 Å². The van der Waals surface area contributed by atoms with Gasteiger partial charge in [0.1, 0.15) is 25.6 Å². The zero-order valence-electron chi connectivity index (χ0n) is 19.2. The standard InChI is InChI=1S/C27H23FN2O5S/c28-22-7-9-23(10-8-22)30(36(32,33)24-11-12-25-26(16-24)35-14-13-34-25)18-27(31)29-17-19-5-6-20-3-1-2-4-21(20)15-19/h1-12,15-16H,13-14,17-18H2,(H,29,31). The predicted octanol–water partition coefficient (Wildman–Crippen LogP) is 4.26. The number of amides is 1. The monoisotopic (exact) mass is 506 g/mol. The van der Waals surface area contributed by atoms with Crippen molar-refractivity contribution >= 4 is 32.4 Å². The maximum Gasteiger partial charge on any atom is 0.264 e. The Morgan fingerprint density at radius 1 is 0.861 bits per heavy atom. The molecule has 0 aliphatic carbocycles. The van der Waals surface area contributed by atoms with Crippen LogP contribution in [0, 0.1) is 5.82 Å². The highest BCUT2D eigenvalue weighted by molar-refractivity contribution is 7.92. The predicted molar refractivity (Wildman–Crippen MR) is 134 cm³/mol. The van der Waals surface area contributed by atoms with Crippen molar-refractivity contribution in [3.8, 4) is 11.5 Å². The first-order valence-corrected chi connectivity index (χ1v) is 12.8. The lowest BCUT2D eigenvalue weighted by atomic mass is 10.1. The molecule has 1 aliphatic heterocycles. The molecule has 0 spiro atoms. The van der Waals surface area contributed by atoms with Crippen molar-refractivity contribution < 1.29 is 27.1 Å². The van der Waals surface area contributed by atoms with E-state index in [9.17, 15) is 17.6 Å². The fraction of sp³-hybridized carbons (Fsp3) is 0.148. The van der Waals surface area contributed by atoms with Crippen LogP contribution in [0.4, 0.5) is 10.1 Å². The molecule has 9 heteroatoms. The highest BCUT2D eigenvalue weighted by Crippen LogP contribution is 2.34. The Balaban J connectivity index is 1.39. The molecular formula is C27H23FN2O5S. The smallest absolute Gasteiger partial charge is 0.264 e. The SMILES string of the molecule is O=C(CN(c1ccc(F)cc1)S(=O)(=O)c1ccc2c(c1)OCCO2)NCc1ccc2ccccc2c1. The number of nitrogens with zero attached hydrogens (tertiary/aromatic N) is 1. The van der Waals surface area contributed by atoms with Gasteiger partial charge in [0.25, 0.3) is 10.0 Å². The Morgan fingerprint density at radius 3 is 2.36 bits per heavy atom. The maximum atomic E-state index is 13.6. The van der Waals surface area contributed by atoms with E-state index in [2.05, 4.69) is 5.32 Å². The number of hydrogen-bond acceptors (Lipinski definition) is 5. The van der Waals surface area contributed by atoms with Crippen LogP contribution in [-0.2, 0) is 21.4 Å². The number of carbonyl (C=O) groups excluding carboxylic acids is 1. The van der Waals surface area contributed by atoms with Gasteiger partial charge >= 0.3 is 0 Å². The molecule has 184 valence electrons. The van der Waals surface area contributed by atoms with Crippen molar-refractivity contribution in [2.45, 2.75) is 11.4 Å². The van der Waals surface area contributed by atoms with Gasteiger partial charge in [0.05, 0.1) is 10.6 Å². The molecule has 0 aromatic heterocycles. The van der Waals surface area contributed by atoms with Gasteiger partial charge in [-0.05, 0) is 58.8 Å². The van der Waals surface area contributed by atoms with E-state index >= 15 is 0 Å². The van der Waals surface area contributed by atoms with Crippen LogP contribution < -0.4 is 19.1 Å². The van der Waals surface area contributed by atoms with Crippen LogP contribution in [0.5, 0.6) is 11.5 Å². The third kappa shape index (κ3) is 4.96. The molecule has 0 radical (unpaired) electrons. The fourth-order valence-corrected chi connectivity index (χ4v) is 5.41. The number of fused-ring (bicyclic) bond motifs is 2. The van der Waals surface area contributed by atoms with Gasteiger partial charge in [0.2, 0.25) is 5.91 Å². The molecule has 0 atom stereocenters. The summed E-state index contributed by atoms with van der Waals surface area (Å²) in [5.41, 5.74) is 1.04. The number of anilines is 1. The molecule has 0 unspecified atom stereocenters. The van der Waals surface area contributed by atoms with Crippen molar-refractivity contribution in [2.24, 2.45) is 0 Å². The average molecular weight is 507 g/mol. The minimum absolute atomic E-state index is 0.0709.